The van der Waals surface area contributed by atoms with E-state index in [9.17, 15) is 4.79 Å². The summed E-state index contributed by atoms with van der Waals surface area (Å²) in [5.41, 5.74) is 0. The fourth-order valence-electron chi connectivity index (χ4n) is 6.76. The van der Waals surface area contributed by atoms with Crippen LogP contribution in [0, 0.1) is 23.7 Å². The maximum Gasteiger partial charge on any atom is 0.335 e. The van der Waals surface area contributed by atoms with Crippen molar-refractivity contribution in [1.29, 1.82) is 0 Å². The molecule has 5 heteroatoms. The zero-order valence-corrected chi connectivity index (χ0v) is 20.5. The Morgan fingerprint density at radius 3 is 2.12 bits per heavy atom. The molecule has 0 spiro atoms. The van der Waals surface area contributed by atoms with Crippen molar-refractivity contribution in [2.75, 3.05) is 19.7 Å². The molecule has 32 heavy (non-hydrogen) atoms. The standard InChI is InChI=1S/C27H48N2O3/c1-2-3-4-5-7-20-18-28-26(29-19-20)23-11-9-21(10-12-23)22-13-15-24(16-14-22)32-27(30)25-8-6-17-31-25/h20-26,28-29H,2-19H2,1H3. The Bertz CT molecular complexity index is 541. The van der Waals surface area contributed by atoms with E-state index in [2.05, 4.69) is 17.6 Å². The number of esters is 1. The van der Waals surface area contributed by atoms with Gasteiger partial charge in [-0.15, -0.1) is 0 Å². The van der Waals surface area contributed by atoms with Crippen molar-refractivity contribution in [3.05, 3.63) is 0 Å². The van der Waals surface area contributed by atoms with Crippen LogP contribution in [0.4, 0.5) is 0 Å². The summed E-state index contributed by atoms with van der Waals surface area (Å²) < 4.78 is 11.3. The summed E-state index contributed by atoms with van der Waals surface area (Å²) in [6.07, 6.45) is 19.2. The van der Waals surface area contributed by atoms with E-state index in [0.717, 1.165) is 49.4 Å². The Morgan fingerprint density at radius 1 is 0.844 bits per heavy atom. The van der Waals surface area contributed by atoms with Crippen LogP contribution in [0.1, 0.15) is 103 Å². The van der Waals surface area contributed by atoms with E-state index in [1.165, 1.54) is 83.7 Å². The van der Waals surface area contributed by atoms with Crippen LogP contribution in [0.25, 0.3) is 0 Å². The molecule has 4 rings (SSSR count). The molecule has 2 aliphatic heterocycles. The van der Waals surface area contributed by atoms with Gasteiger partial charge in [0.25, 0.3) is 0 Å². The molecule has 0 aromatic rings. The van der Waals surface area contributed by atoms with Crippen LogP contribution in [-0.2, 0) is 14.3 Å². The second-order valence-corrected chi connectivity index (χ2v) is 11.2. The minimum Gasteiger partial charge on any atom is -0.460 e. The lowest BCUT2D eigenvalue weighted by Gasteiger charge is -2.42. The van der Waals surface area contributed by atoms with Crippen LogP contribution < -0.4 is 10.6 Å². The van der Waals surface area contributed by atoms with Gasteiger partial charge in [0, 0.05) is 19.7 Å². The van der Waals surface area contributed by atoms with Gasteiger partial charge in [-0.3, -0.25) is 0 Å². The van der Waals surface area contributed by atoms with Crippen LogP contribution in [0.3, 0.4) is 0 Å². The molecular weight excluding hydrogens is 400 g/mol. The Balaban J connectivity index is 1.09. The lowest BCUT2D eigenvalue weighted by molar-refractivity contribution is -0.162. The summed E-state index contributed by atoms with van der Waals surface area (Å²) in [4.78, 5) is 12.2. The quantitative estimate of drug-likeness (QED) is 0.376. The summed E-state index contributed by atoms with van der Waals surface area (Å²) in [6.45, 7) is 5.41. The third-order valence-electron chi connectivity index (χ3n) is 8.87. The van der Waals surface area contributed by atoms with Crippen molar-refractivity contribution in [2.45, 2.75) is 122 Å². The molecule has 1 unspecified atom stereocenters. The molecule has 184 valence electrons. The van der Waals surface area contributed by atoms with Gasteiger partial charge in [-0.25, -0.2) is 4.79 Å². The lowest BCUT2D eigenvalue weighted by atomic mass is 9.70. The SMILES string of the molecule is CCCCCCC1CNC(C2CCC(C3CCC(OC(=O)C4CCCO4)CC3)CC2)NC1. The highest BCUT2D eigenvalue weighted by Crippen LogP contribution is 2.41. The normalized spacial score (nSPS) is 38.5. The van der Waals surface area contributed by atoms with Gasteiger partial charge in [-0.1, -0.05) is 32.6 Å². The monoisotopic (exact) mass is 448 g/mol. The van der Waals surface area contributed by atoms with Gasteiger partial charge in [0.15, 0.2) is 6.10 Å². The average molecular weight is 449 g/mol. The number of unbranched alkanes of at least 4 members (excludes halogenated alkanes) is 3. The first-order chi connectivity index (χ1) is 15.7. The fourth-order valence-corrected chi connectivity index (χ4v) is 6.76. The van der Waals surface area contributed by atoms with Gasteiger partial charge in [0.05, 0.1) is 6.17 Å². The Kier molecular flexibility index (Phi) is 9.72. The Morgan fingerprint density at radius 2 is 1.50 bits per heavy atom. The van der Waals surface area contributed by atoms with Crippen molar-refractivity contribution < 1.29 is 14.3 Å². The van der Waals surface area contributed by atoms with Crippen LogP contribution in [-0.4, -0.2) is 44.0 Å². The summed E-state index contributed by atoms with van der Waals surface area (Å²) >= 11 is 0. The predicted molar refractivity (Wildman–Crippen MR) is 128 cm³/mol. The number of hydrogen-bond acceptors (Lipinski definition) is 5. The number of nitrogens with one attached hydrogen (secondary N) is 2. The first-order valence-electron chi connectivity index (χ1n) is 14.0. The molecule has 4 aliphatic rings. The van der Waals surface area contributed by atoms with E-state index < -0.39 is 0 Å². The minimum absolute atomic E-state index is 0.109. The maximum atomic E-state index is 12.2. The first-order valence-corrected chi connectivity index (χ1v) is 14.0. The van der Waals surface area contributed by atoms with Crippen LogP contribution in [0.2, 0.25) is 0 Å². The topological polar surface area (TPSA) is 59.6 Å². The summed E-state index contributed by atoms with van der Waals surface area (Å²) in [5, 5.41) is 7.70. The molecule has 2 aliphatic carbocycles. The third-order valence-corrected chi connectivity index (χ3v) is 8.87. The highest BCUT2D eigenvalue weighted by atomic mass is 16.6. The number of carbonyl (C=O) groups is 1. The average Bonchev–Trinajstić information content (AvgIpc) is 3.38. The van der Waals surface area contributed by atoms with Crippen LogP contribution in [0.15, 0.2) is 0 Å². The molecule has 0 bridgehead atoms. The van der Waals surface area contributed by atoms with E-state index in [-0.39, 0.29) is 18.2 Å². The highest BCUT2D eigenvalue weighted by Gasteiger charge is 2.36. The predicted octanol–water partition coefficient (Wildman–Crippen LogP) is 5.18. The molecule has 0 aromatic heterocycles. The Hall–Kier alpha value is -0.650. The van der Waals surface area contributed by atoms with Gasteiger partial charge >= 0.3 is 5.97 Å². The maximum absolute atomic E-state index is 12.2. The summed E-state index contributed by atoms with van der Waals surface area (Å²) in [6, 6.07) is 0. The second kappa shape index (κ2) is 12.7. The van der Waals surface area contributed by atoms with Crippen LogP contribution >= 0.6 is 0 Å². The highest BCUT2D eigenvalue weighted by molar-refractivity contribution is 5.75. The molecule has 2 N–H and O–H groups in total. The van der Waals surface area contributed by atoms with E-state index in [4.69, 9.17) is 9.47 Å². The molecule has 0 aromatic carbocycles. The molecule has 1 atom stereocenters. The third kappa shape index (κ3) is 6.93. The van der Waals surface area contributed by atoms with E-state index >= 15 is 0 Å². The molecular formula is C27H48N2O3. The van der Waals surface area contributed by atoms with E-state index in [1.54, 1.807) is 0 Å². The molecule has 2 saturated carbocycles. The number of carbonyl (C=O) groups excluding carboxylic acids is 1. The molecule has 2 saturated heterocycles. The minimum atomic E-state index is -0.290. The van der Waals surface area contributed by atoms with Gasteiger partial charge < -0.3 is 20.1 Å². The van der Waals surface area contributed by atoms with E-state index in [0.29, 0.717) is 12.8 Å². The largest absolute Gasteiger partial charge is 0.460 e. The fraction of sp³-hybridized carbons (Fsp3) is 0.963. The van der Waals surface area contributed by atoms with Gasteiger partial charge in [-0.2, -0.15) is 0 Å². The van der Waals surface area contributed by atoms with Gasteiger partial charge in [0.2, 0.25) is 0 Å². The summed E-state index contributed by atoms with van der Waals surface area (Å²) in [7, 11) is 0. The summed E-state index contributed by atoms with van der Waals surface area (Å²) in [5.74, 6) is 3.24. The zero-order chi connectivity index (χ0) is 22.2. The lowest BCUT2D eigenvalue weighted by Crippen LogP contribution is -2.56. The number of rotatable bonds is 9. The number of hydrogen-bond donors (Lipinski definition) is 2. The van der Waals surface area contributed by atoms with Crippen molar-refractivity contribution in [3.63, 3.8) is 0 Å². The van der Waals surface area contributed by atoms with Crippen molar-refractivity contribution in [3.8, 4) is 0 Å². The Labute approximate surface area is 196 Å². The smallest absolute Gasteiger partial charge is 0.335 e. The van der Waals surface area contributed by atoms with Gasteiger partial charge in [-0.05, 0) is 94.3 Å². The van der Waals surface area contributed by atoms with Crippen molar-refractivity contribution in [2.24, 2.45) is 23.7 Å². The van der Waals surface area contributed by atoms with Crippen molar-refractivity contribution >= 4 is 5.97 Å². The van der Waals surface area contributed by atoms with Crippen LogP contribution in [0.5, 0.6) is 0 Å². The molecule has 2 heterocycles. The molecule has 0 radical (unpaired) electrons. The number of ether oxygens (including phenoxy) is 2. The van der Waals surface area contributed by atoms with Gasteiger partial charge in [0.1, 0.15) is 6.10 Å². The second-order valence-electron chi connectivity index (χ2n) is 11.2. The first kappa shape index (κ1) is 24.5. The molecule has 0 amide bonds. The molecule has 5 nitrogen and oxygen atoms in total. The van der Waals surface area contributed by atoms with Crippen molar-refractivity contribution in [1.82, 2.24) is 10.6 Å². The molecule has 4 fully saturated rings. The van der Waals surface area contributed by atoms with E-state index in [1.807, 2.05) is 0 Å². The zero-order valence-electron chi connectivity index (χ0n) is 20.5.